The third-order valence-corrected chi connectivity index (χ3v) is 8.14. The lowest BCUT2D eigenvalue weighted by Gasteiger charge is -2.28. The highest BCUT2D eigenvalue weighted by Crippen LogP contribution is 2.26. The first-order valence-electron chi connectivity index (χ1n) is 10.7. The van der Waals surface area contributed by atoms with Crippen LogP contribution in [-0.4, -0.2) is 55.7 Å². The fraction of sp³-hybridized carbons (Fsp3) is 0.391. The van der Waals surface area contributed by atoms with Crippen molar-refractivity contribution in [3.05, 3.63) is 64.2 Å². The Morgan fingerprint density at radius 3 is 2.44 bits per heavy atom. The molecule has 32 heavy (non-hydrogen) atoms. The van der Waals surface area contributed by atoms with E-state index in [1.54, 1.807) is 4.90 Å². The zero-order chi connectivity index (χ0) is 22.7. The van der Waals surface area contributed by atoms with E-state index in [0.717, 1.165) is 31.2 Å². The molecule has 0 bridgehead atoms. The van der Waals surface area contributed by atoms with Crippen LogP contribution in [0.25, 0.3) is 0 Å². The van der Waals surface area contributed by atoms with E-state index in [4.69, 9.17) is 16.3 Å². The lowest BCUT2D eigenvalue weighted by Crippen LogP contribution is -2.38. The molecule has 2 aliphatic heterocycles. The number of nitrogens with zero attached hydrogens (tertiary/aromatic N) is 2. The van der Waals surface area contributed by atoms with Gasteiger partial charge in [0, 0.05) is 26.2 Å². The molecule has 0 radical (unpaired) electrons. The Balaban J connectivity index is 1.42. The highest BCUT2D eigenvalue weighted by molar-refractivity contribution is 7.89. The van der Waals surface area contributed by atoms with Gasteiger partial charge in [0.2, 0.25) is 10.0 Å². The van der Waals surface area contributed by atoms with Crippen molar-refractivity contribution in [2.45, 2.75) is 37.1 Å². The average molecular weight is 477 g/mol. The molecule has 1 fully saturated rings. The van der Waals surface area contributed by atoms with Crippen LogP contribution < -0.4 is 0 Å². The zero-order valence-electron chi connectivity index (χ0n) is 17.6. The second kappa shape index (κ2) is 9.60. The predicted octanol–water partition coefficient (Wildman–Crippen LogP) is 3.26. The number of hydrogen-bond donors (Lipinski definition) is 0. The number of fused-ring (bicyclic) bond motifs is 1. The average Bonchev–Trinajstić information content (AvgIpc) is 2.82. The number of ether oxygens (including phenoxy) is 1. The highest BCUT2D eigenvalue weighted by atomic mass is 35.5. The zero-order valence-corrected chi connectivity index (χ0v) is 19.2. The van der Waals surface area contributed by atoms with Gasteiger partial charge in [-0.1, -0.05) is 42.3 Å². The first kappa shape index (κ1) is 22.8. The Bertz CT molecular complexity index is 1130. The smallest absolute Gasteiger partial charge is 0.340 e. The first-order valence-corrected chi connectivity index (χ1v) is 12.5. The molecular weight excluding hydrogens is 452 g/mol. The number of benzene rings is 2. The van der Waals surface area contributed by atoms with Gasteiger partial charge in [0.15, 0.2) is 6.61 Å². The summed E-state index contributed by atoms with van der Waals surface area (Å²) >= 11 is 6.14. The van der Waals surface area contributed by atoms with Crippen molar-refractivity contribution >= 4 is 33.5 Å². The van der Waals surface area contributed by atoms with Crippen molar-refractivity contribution in [2.24, 2.45) is 0 Å². The van der Waals surface area contributed by atoms with Crippen LogP contribution in [0.4, 0.5) is 0 Å². The summed E-state index contributed by atoms with van der Waals surface area (Å²) in [5.74, 6) is -1.13. The van der Waals surface area contributed by atoms with E-state index in [-0.39, 0.29) is 21.4 Å². The minimum Gasteiger partial charge on any atom is -0.452 e. The fourth-order valence-electron chi connectivity index (χ4n) is 4.08. The molecule has 1 saturated heterocycles. The molecule has 2 heterocycles. The summed E-state index contributed by atoms with van der Waals surface area (Å²) in [6.45, 7) is 1.51. The molecule has 0 saturated carbocycles. The summed E-state index contributed by atoms with van der Waals surface area (Å²) in [4.78, 5) is 26.8. The van der Waals surface area contributed by atoms with Gasteiger partial charge in [-0.2, -0.15) is 4.31 Å². The van der Waals surface area contributed by atoms with Gasteiger partial charge in [-0.25, -0.2) is 13.2 Å². The van der Waals surface area contributed by atoms with Crippen LogP contribution in [0.5, 0.6) is 0 Å². The monoisotopic (exact) mass is 476 g/mol. The minimum atomic E-state index is -3.72. The van der Waals surface area contributed by atoms with Crippen molar-refractivity contribution in [1.29, 1.82) is 0 Å². The van der Waals surface area contributed by atoms with Gasteiger partial charge in [-0.05, 0) is 48.6 Å². The van der Waals surface area contributed by atoms with Crippen LogP contribution in [0.1, 0.15) is 40.7 Å². The third kappa shape index (κ3) is 4.82. The molecule has 0 N–H and O–H groups in total. The number of piperidine rings is 1. The van der Waals surface area contributed by atoms with E-state index in [1.807, 2.05) is 24.3 Å². The second-order valence-corrected chi connectivity index (χ2v) is 10.4. The largest absolute Gasteiger partial charge is 0.452 e. The number of rotatable bonds is 5. The Labute approximate surface area is 193 Å². The number of hydrogen-bond acceptors (Lipinski definition) is 5. The standard InChI is InChI=1S/C23H25ClN2O5S/c24-21-9-8-19(32(29,30)26-11-4-1-5-12-26)14-20(21)23(28)31-16-22(27)25-13-10-17-6-2-3-7-18(17)15-25/h2-3,6-9,14H,1,4-5,10-13,15-16H2. The van der Waals surface area contributed by atoms with Crippen LogP contribution in [0.2, 0.25) is 5.02 Å². The molecule has 4 rings (SSSR count). The molecular formula is C23H25ClN2O5S. The van der Waals surface area contributed by atoms with Crippen LogP contribution in [-0.2, 0) is 32.5 Å². The molecule has 0 aliphatic carbocycles. The van der Waals surface area contributed by atoms with Gasteiger partial charge >= 0.3 is 5.97 Å². The van der Waals surface area contributed by atoms with Crippen molar-refractivity contribution in [2.75, 3.05) is 26.2 Å². The summed E-state index contributed by atoms with van der Waals surface area (Å²) in [5, 5.41) is 0.0759. The molecule has 9 heteroatoms. The van der Waals surface area contributed by atoms with E-state index in [1.165, 1.54) is 28.1 Å². The number of amides is 1. The fourth-order valence-corrected chi connectivity index (χ4v) is 5.82. The SMILES string of the molecule is O=C(OCC(=O)N1CCc2ccccc2C1)c1cc(S(=O)(=O)N2CCCCC2)ccc1Cl. The molecule has 0 aromatic heterocycles. The Morgan fingerprint density at radius 2 is 1.69 bits per heavy atom. The van der Waals surface area contributed by atoms with E-state index < -0.39 is 22.6 Å². The molecule has 0 spiro atoms. The van der Waals surface area contributed by atoms with E-state index >= 15 is 0 Å². The van der Waals surface area contributed by atoms with Crippen molar-refractivity contribution < 1.29 is 22.7 Å². The maximum atomic E-state index is 12.9. The summed E-state index contributed by atoms with van der Waals surface area (Å²) in [6.07, 6.45) is 3.37. The van der Waals surface area contributed by atoms with E-state index in [0.29, 0.717) is 26.2 Å². The molecule has 2 aromatic rings. The Hall–Kier alpha value is -2.42. The predicted molar refractivity (Wildman–Crippen MR) is 120 cm³/mol. The highest BCUT2D eigenvalue weighted by Gasteiger charge is 2.28. The molecule has 7 nitrogen and oxygen atoms in total. The van der Waals surface area contributed by atoms with Crippen LogP contribution in [0, 0.1) is 0 Å². The van der Waals surface area contributed by atoms with Gasteiger partial charge in [0.1, 0.15) is 0 Å². The summed E-state index contributed by atoms with van der Waals surface area (Å²) < 4.78 is 32.5. The topological polar surface area (TPSA) is 84.0 Å². The number of esters is 1. The third-order valence-electron chi connectivity index (χ3n) is 5.92. The van der Waals surface area contributed by atoms with Crippen LogP contribution in [0.3, 0.4) is 0 Å². The van der Waals surface area contributed by atoms with E-state index in [9.17, 15) is 18.0 Å². The number of carbonyl (C=O) groups is 2. The normalized spacial score (nSPS) is 17.0. The lowest BCUT2D eigenvalue weighted by molar-refractivity contribution is -0.135. The molecule has 170 valence electrons. The quantitative estimate of drug-likeness (QED) is 0.618. The van der Waals surface area contributed by atoms with E-state index in [2.05, 4.69) is 0 Å². The molecule has 2 aliphatic rings. The molecule has 2 aromatic carbocycles. The summed E-state index contributed by atoms with van der Waals surface area (Å²) in [6, 6.07) is 11.9. The number of halogens is 1. The summed E-state index contributed by atoms with van der Waals surface area (Å²) in [7, 11) is -3.72. The van der Waals surface area contributed by atoms with Gasteiger partial charge in [-0.3, -0.25) is 4.79 Å². The van der Waals surface area contributed by atoms with Crippen molar-refractivity contribution in [1.82, 2.24) is 9.21 Å². The first-order chi connectivity index (χ1) is 15.4. The van der Waals surface area contributed by atoms with Crippen LogP contribution >= 0.6 is 11.6 Å². The Morgan fingerprint density at radius 1 is 0.969 bits per heavy atom. The minimum absolute atomic E-state index is 0.00489. The Kier molecular flexibility index (Phi) is 6.83. The molecule has 0 unspecified atom stereocenters. The number of sulfonamides is 1. The van der Waals surface area contributed by atoms with Gasteiger partial charge in [0.25, 0.3) is 5.91 Å². The molecule has 1 amide bonds. The van der Waals surface area contributed by atoms with Gasteiger partial charge in [-0.15, -0.1) is 0 Å². The molecule has 0 atom stereocenters. The summed E-state index contributed by atoms with van der Waals surface area (Å²) in [5.41, 5.74) is 2.23. The van der Waals surface area contributed by atoms with Gasteiger partial charge < -0.3 is 9.64 Å². The second-order valence-electron chi connectivity index (χ2n) is 8.02. The lowest BCUT2D eigenvalue weighted by atomic mass is 10.00. The van der Waals surface area contributed by atoms with Crippen LogP contribution in [0.15, 0.2) is 47.4 Å². The van der Waals surface area contributed by atoms with Gasteiger partial charge in [0.05, 0.1) is 15.5 Å². The maximum Gasteiger partial charge on any atom is 0.340 e. The number of carbonyl (C=O) groups excluding carboxylic acids is 2. The van der Waals surface area contributed by atoms with Crippen molar-refractivity contribution in [3.8, 4) is 0 Å². The van der Waals surface area contributed by atoms with Crippen molar-refractivity contribution in [3.63, 3.8) is 0 Å². The maximum absolute atomic E-state index is 12.9.